The Morgan fingerprint density at radius 1 is 1.15 bits per heavy atom. The quantitative estimate of drug-likeness (QED) is 0.199. The first-order valence-electron chi connectivity index (χ1n) is 9.69. The van der Waals surface area contributed by atoms with Crippen molar-refractivity contribution in [1.82, 2.24) is 0 Å². The van der Waals surface area contributed by atoms with Crippen molar-refractivity contribution in [2.75, 3.05) is 5.32 Å². The number of nitro groups is 1. The number of benzene rings is 3. The van der Waals surface area contributed by atoms with Crippen LogP contribution in [0.3, 0.4) is 0 Å². The van der Waals surface area contributed by atoms with Gasteiger partial charge in [-0.1, -0.05) is 35.9 Å². The van der Waals surface area contributed by atoms with Crippen LogP contribution in [-0.4, -0.2) is 21.9 Å². The zero-order chi connectivity index (χ0) is 24.7. The number of carbonyl (C=O) groups excluding carboxylic acids is 1. The van der Waals surface area contributed by atoms with Crippen LogP contribution in [-0.2, 0) is 11.4 Å². The number of halogens is 1. The van der Waals surface area contributed by atoms with Crippen LogP contribution in [0.15, 0.2) is 72.3 Å². The molecule has 2 N–H and O–H groups in total. The number of ether oxygens (including phenoxy) is 1. The van der Waals surface area contributed by atoms with Crippen LogP contribution in [0.1, 0.15) is 21.5 Å². The molecule has 0 heterocycles. The molecule has 9 nitrogen and oxygen atoms in total. The van der Waals surface area contributed by atoms with Gasteiger partial charge in [0.25, 0.3) is 11.6 Å². The standard InChI is InChI=1S/C24H16ClN3O6/c25-21-11-16(6-9-22(21)34-14-15-4-7-17(8-5-15)24(30)31)10-18(13-26)23(29)27-19-2-1-3-20(12-19)28(32)33/h1-12H,14H2,(H,27,29)(H,30,31)/b18-10+. The highest BCUT2D eigenvalue weighted by Gasteiger charge is 2.13. The summed E-state index contributed by atoms with van der Waals surface area (Å²) in [6.07, 6.45) is 1.33. The number of carboxylic acid groups (broad SMARTS) is 1. The molecule has 10 heteroatoms. The Labute approximate surface area is 198 Å². The van der Waals surface area contributed by atoms with Crippen LogP contribution in [0, 0.1) is 21.4 Å². The van der Waals surface area contributed by atoms with Crippen LogP contribution in [0.4, 0.5) is 11.4 Å². The highest BCUT2D eigenvalue weighted by molar-refractivity contribution is 6.32. The van der Waals surface area contributed by atoms with Crippen molar-refractivity contribution in [3.8, 4) is 11.8 Å². The van der Waals surface area contributed by atoms with Crippen molar-refractivity contribution in [3.05, 3.63) is 104 Å². The summed E-state index contributed by atoms with van der Waals surface area (Å²) in [6.45, 7) is 0.157. The lowest BCUT2D eigenvalue weighted by atomic mass is 10.1. The maximum absolute atomic E-state index is 12.4. The Balaban J connectivity index is 1.69. The molecule has 0 radical (unpaired) electrons. The predicted molar refractivity (Wildman–Crippen MR) is 125 cm³/mol. The number of non-ortho nitro benzene ring substituents is 1. The lowest BCUT2D eigenvalue weighted by Crippen LogP contribution is -2.13. The van der Waals surface area contributed by atoms with Crippen molar-refractivity contribution < 1.29 is 24.4 Å². The number of rotatable bonds is 8. The maximum atomic E-state index is 12.4. The van der Waals surface area contributed by atoms with E-state index in [1.807, 2.05) is 0 Å². The van der Waals surface area contributed by atoms with Gasteiger partial charge in [-0.05, 0) is 47.5 Å². The molecule has 1 amide bonds. The summed E-state index contributed by atoms with van der Waals surface area (Å²) >= 11 is 6.27. The van der Waals surface area contributed by atoms with Crippen molar-refractivity contribution in [2.24, 2.45) is 0 Å². The average molecular weight is 478 g/mol. The van der Waals surface area contributed by atoms with Gasteiger partial charge < -0.3 is 15.2 Å². The van der Waals surface area contributed by atoms with Gasteiger partial charge >= 0.3 is 5.97 Å². The molecule has 0 aromatic heterocycles. The van der Waals surface area contributed by atoms with Gasteiger partial charge in [-0.15, -0.1) is 0 Å². The number of carboxylic acids is 1. The second-order valence-corrected chi connectivity index (χ2v) is 7.32. The van der Waals surface area contributed by atoms with Gasteiger partial charge in [0, 0.05) is 17.8 Å². The minimum Gasteiger partial charge on any atom is -0.487 e. The van der Waals surface area contributed by atoms with Gasteiger partial charge in [0.05, 0.1) is 15.5 Å². The molecule has 3 aromatic carbocycles. The fourth-order valence-corrected chi connectivity index (χ4v) is 3.08. The van der Waals surface area contributed by atoms with Gasteiger partial charge in [0.15, 0.2) is 0 Å². The molecular weight excluding hydrogens is 462 g/mol. The highest BCUT2D eigenvalue weighted by atomic mass is 35.5. The molecule has 0 saturated heterocycles. The minimum atomic E-state index is -1.02. The van der Waals surface area contributed by atoms with Crippen LogP contribution in [0.5, 0.6) is 5.75 Å². The maximum Gasteiger partial charge on any atom is 0.335 e. The van der Waals surface area contributed by atoms with Crippen LogP contribution in [0.25, 0.3) is 6.08 Å². The fourth-order valence-electron chi connectivity index (χ4n) is 2.84. The van der Waals surface area contributed by atoms with Crippen molar-refractivity contribution in [2.45, 2.75) is 6.61 Å². The number of nitro benzene ring substituents is 1. The molecule has 0 fully saturated rings. The molecule has 0 bridgehead atoms. The molecule has 170 valence electrons. The number of nitrogens with zero attached hydrogens (tertiary/aromatic N) is 2. The number of amides is 1. The lowest BCUT2D eigenvalue weighted by molar-refractivity contribution is -0.384. The van der Waals surface area contributed by atoms with E-state index in [1.54, 1.807) is 30.3 Å². The molecule has 0 unspecified atom stereocenters. The number of nitriles is 1. The number of anilines is 1. The summed E-state index contributed by atoms with van der Waals surface area (Å²) < 4.78 is 5.67. The molecule has 0 aliphatic heterocycles. The smallest absolute Gasteiger partial charge is 0.335 e. The largest absolute Gasteiger partial charge is 0.487 e. The second kappa shape index (κ2) is 10.8. The first kappa shape index (κ1) is 24.0. The van der Waals surface area contributed by atoms with E-state index in [9.17, 15) is 25.0 Å². The Hall–Kier alpha value is -4.68. The van der Waals surface area contributed by atoms with Gasteiger partial charge in [-0.25, -0.2) is 4.79 Å². The molecular formula is C24H16ClN3O6. The third-order valence-corrected chi connectivity index (χ3v) is 4.84. The number of nitrogens with one attached hydrogen (secondary N) is 1. The molecule has 0 aliphatic carbocycles. The third-order valence-electron chi connectivity index (χ3n) is 4.54. The third kappa shape index (κ3) is 6.18. The topological polar surface area (TPSA) is 143 Å². The van der Waals surface area contributed by atoms with Crippen LogP contribution < -0.4 is 10.1 Å². The van der Waals surface area contributed by atoms with E-state index in [2.05, 4.69) is 5.32 Å². The number of hydrogen-bond acceptors (Lipinski definition) is 6. The summed E-state index contributed by atoms with van der Waals surface area (Å²) in [4.78, 5) is 33.6. The Morgan fingerprint density at radius 3 is 2.50 bits per heavy atom. The molecule has 0 aliphatic rings. The number of carbonyl (C=O) groups is 2. The molecule has 0 saturated carbocycles. The summed E-state index contributed by atoms with van der Waals surface area (Å²) in [7, 11) is 0. The van der Waals surface area contributed by atoms with E-state index >= 15 is 0 Å². The molecule has 0 atom stereocenters. The summed E-state index contributed by atoms with van der Waals surface area (Å²) in [5, 5.41) is 31.9. The molecule has 34 heavy (non-hydrogen) atoms. The monoisotopic (exact) mass is 477 g/mol. The lowest BCUT2D eigenvalue weighted by Gasteiger charge is -2.09. The van der Waals surface area contributed by atoms with Crippen molar-refractivity contribution in [1.29, 1.82) is 5.26 Å². The van der Waals surface area contributed by atoms with Gasteiger partial charge in [0.1, 0.15) is 24.0 Å². The van der Waals surface area contributed by atoms with E-state index in [1.165, 1.54) is 48.5 Å². The molecule has 3 aromatic rings. The van der Waals surface area contributed by atoms with Gasteiger partial charge in [-0.2, -0.15) is 5.26 Å². The van der Waals surface area contributed by atoms with Crippen LogP contribution in [0.2, 0.25) is 5.02 Å². The zero-order valence-corrected chi connectivity index (χ0v) is 18.2. The van der Waals surface area contributed by atoms with Gasteiger partial charge in [0.2, 0.25) is 0 Å². The summed E-state index contributed by atoms with van der Waals surface area (Å²) in [5.74, 6) is -1.39. The summed E-state index contributed by atoms with van der Waals surface area (Å²) in [5.41, 5.74) is 1.14. The van der Waals surface area contributed by atoms with Crippen molar-refractivity contribution in [3.63, 3.8) is 0 Å². The summed E-state index contributed by atoms with van der Waals surface area (Å²) in [6, 6.07) is 18.1. The van der Waals surface area contributed by atoms with E-state index in [4.69, 9.17) is 21.4 Å². The first-order valence-corrected chi connectivity index (χ1v) is 10.1. The fraction of sp³-hybridized carbons (Fsp3) is 0.0417. The first-order chi connectivity index (χ1) is 16.3. The van der Waals surface area contributed by atoms with E-state index in [0.29, 0.717) is 11.3 Å². The molecule has 0 spiro atoms. The van der Waals surface area contributed by atoms with E-state index in [0.717, 1.165) is 5.56 Å². The van der Waals surface area contributed by atoms with Crippen LogP contribution >= 0.6 is 11.6 Å². The number of hydrogen-bond donors (Lipinski definition) is 2. The predicted octanol–water partition coefficient (Wildman–Crippen LogP) is 5.07. The van der Waals surface area contributed by atoms with Gasteiger partial charge in [-0.3, -0.25) is 14.9 Å². The van der Waals surface area contributed by atoms with E-state index < -0.39 is 16.8 Å². The average Bonchev–Trinajstić information content (AvgIpc) is 2.82. The minimum absolute atomic E-state index is 0.157. The Morgan fingerprint density at radius 2 is 1.88 bits per heavy atom. The SMILES string of the molecule is N#C/C(=C\c1ccc(OCc2ccc(C(=O)O)cc2)c(Cl)c1)C(=O)Nc1cccc([N+](=O)[O-])c1. The van der Waals surface area contributed by atoms with E-state index in [-0.39, 0.29) is 34.1 Å². The Kier molecular flexibility index (Phi) is 7.59. The zero-order valence-electron chi connectivity index (χ0n) is 17.4. The normalized spacial score (nSPS) is 10.8. The Bertz CT molecular complexity index is 1330. The second-order valence-electron chi connectivity index (χ2n) is 6.91. The molecule has 3 rings (SSSR count). The van der Waals surface area contributed by atoms with Crippen molar-refractivity contribution >= 4 is 40.9 Å². The number of aromatic carboxylic acids is 1. The highest BCUT2D eigenvalue weighted by Crippen LogP contribution is 2.27.